The van der Waals surface area contributed by atoms with E-state index in [0.29, 0.717) is 25.7 Å². The molecule has 7 atom stereocenters. The molecule has 542 valence electrons. The number of esters is 4. The summed E-state index contributed by atoms with van der Waals surface area (Å²) >= 11 is 0. The van der Waals surface area contributed by atoms with Crippen LogP contribution >= 0.6 is 15.6 Å². The smallest absolute Gasteiger partial charge is 0.462 e. The molecule has 0 aliphatic rings. The second-order valence-corrected chi connectivity index (χ2v) is 29.0. The van der Waals surface area contributed by atoms with E-state index in [0.717, 1.165) is 121 Å². The van der Waals surface area contributed by atoms with Crippen LogP contribution in [0, 0.1) is 11.8 Å². The number of carbonyl (C=O) groups is 4. The molecule has 0 aromatic heterocycles. The summed E-state index contributed by atoms with van der Waals surface area (Å²) in [5.41, 5.74) is 0. The second kappa shape index (κ2) is 64.5. The molecule has 0 fully saturated rings. The Kier molecular flexibility index (Phi) is 62.8. The van der Waals surface area contributed by atoms with Gasteiger partial charge in [0.2, 0.25) is 0 Å². The van der Waals surface area contributed by atoms with Crippen molar-refractivity contribution in [3.05, 3.63) is 24.3 Å². The molecule has 92 heavy (non-hydrogen) atoms. The minimum Gasteiger partial charge on any atom is -0.462 e. The van der Waals surface area contributed by atoms with E-state index in [9.17, 15) is 43.2 Å². The number of phosphoric acid groups is 2. The Morgan fingerprint density at radius 2 is 0.609 bits per heavy atom. The number of carbonyl (C=O) groups excluding carboxylic acids is 4. The van der Waals surface area contributed by atoms with Crippen molar-refractivity contribution in [2.45, 2.75) is 368 Å². The number of allylic oxidation sites excluding steroid dienone is 4. The predicted molar refractivity (Wildman–Crippen MR) is 372 cm³/mol. The van der Waals surface area contributed by atoms with Crippen LogP contribution in [-0.4, -0.2) is 96.7 Å². The normalized spacial score (nSPS) is 14.8. The number of hydrogen-bond acceptors (Lipinski definition) is 15. The van der Waals surface area contributed by atoms with Gasteiger partial charge in [0.1, 0.15) is 19.3 Å². The Labute approximate surface area is 561 Å². The zero-order valence-electron chi connectivity index (χ0n) is 59.3. The summed E-state index contributed by atoms with van der Waals surface area (Å²) in [7, 11) is -9.92. The average molecular weight is 1350 g/mol. The first-order chi connectivity index (χ1) is 44.4. The Hall–Kier alpha value is -2.46. The van der Waals surface area contributed by atoms with E-state index >= 15 is 0 Å². The van der Waals surface area contributed by atoms with Gasteiger partial charge in [-0.3, -0.25) is 37.3 Å². The molecule has 0 saturated carbocycles. The van der Waals surface area contributed by atoms with Crippen molar-refractivity contribution in [1.29, 1.82) is 0 Å². The largest absolute Gasteiger partial charge is 0.472 e. The molecule has 0 aliphatic heterocycles. The summed E-state index contributed by atoms with van der Waals surface area (Å²) in [5, 5.41) is 10.6. The maximum Gasteiger partial charge on any atom is 0.472 e. The van der Waals surface area contributed by atoms with E-state index in [1.165, 1.54) is 148 Å². The monoisotopic (exact) mass is 1350 g/mol. The van der Waals surface area contributed by atoms with Gasteiger partial charge in [-0.05, 0) is 63.2 Å². The molecule has 0 bridgehead atoms. The summed E-state index contributed by atoms with van der Waals surface area (Å²) in [6, 6.07) is 0. The van der Waals surface area contributed by atoms with Crippen LogP contribution in [0.25, 0.3) is 0 Å². The van der Waals surface area contributed by atoms with Crippen molar-refractivity contribution in [3.8, 4) is 0 Å². The van der Waals surface area contributed by atoms with Gasteiger partial charge >= 0.3 is 39.5 Å². The molecule has 0 aromatic rings. The van der Waals surface area contributed by atoms with Crippen LogP contribution in [0.15, 0.2) is 24.3 Å². The number of unbranched alkanes of at least 4 members (excludes halogenated alkanes) is 35. The van der Waals surface area contributed by atoms with Crippen molar-refractivity contribution in [2.75, 3.05) is 39.6 Å². The molecule has 17 nitrogen and oxygen atoms in total. The van der Waals surface area contributed by atoms with Crippen molar-refractivity contribution < 1.29 is 80.2 Å². The fourth-order valence-corrected chi connectivity index (χ4v) is 12.1. The van der Waals surface area contributed by atoms with Crippen molar-refractivity contribution in [3.63, 3.8) is 0 Å². The van der Waals surface area contributed by atoms with Crippen molar-refractivity contribution in [2.24, 2.45) is 11.8 Å². The SMILES string of the molecule is CCCCCC/C=C\C=C/CCCCCCCC(=O)O[C@H](COC(=O)CCCCCCCCCCCCC(C)CC)COP(=O)(O)OC[C@@H](O)COP(=O)(O)OC[C@@H](COC(=O)CCCCCCCCC(C)CC)OC(=O)CCCCCCCCCCCCCCC. The van der Waals surface area contributed by atoms with Gasteiger partial charge in [-0.25, -0.2) is 9.13 Å². The fraction of sp³-hybridized carbons (Fsp3) is 0.890. The molecule has 4 unspecified atom stereocenters. The van der Waals surface area contributed by atoms with Gasteiger partial charge < -0.3 is 33.8 Å². The first kappa shape index (κ1) is 89.5. The quantitative estimate of drug-likeness (QED) is 0.0169. The molecule has 0 radical (unpaired) electrons. The van der Waals surface area contributed by atoms with Crippen molar-refractivity contribution in [1.82, 2.24) is 0 Å². The Bertz CT molecular complexity index is 1880. The second-order valence-electron chi connectivity index (χ2n) is 26.1. The molecule has 0 amide bonds. The number of rotatable bonds is 70. The highest BCUT2D eigenvalue weighted by Crippen LogP contribution is 2.45. The standard InChI is InChI=1S/C73H138O17P2/c1-7-11-13-15-17-19-21-23-24-26-28-34-38-46-52-58-72(77)89-68(61-83-70(75)55-49-43-36-32-30-29-31-35-41-47-53-65(5)9-3)63-87-91(79,80)85-59-67(74)60-86-92(81,82)88-64-69(62-84-71(76)56-50-44-40-39-42-48-54-66(6)10-4)90-73(78)57-51-45-37-33-27-25-22-20-18-16-14-12-8-2/h19,21,23-24,65-69,74H,7-18,20,22,25-64H2,1-6H3,(H,79,80)(H,81,82)/b21-19-,24-23-/t65?,66?,67-,68-,69-/m1/s1. The van der Waals surface area contributed by atoms with Crippen LogP contribution in [0.5, 0.6) is 0 Å². The Balaban J connectivity index is 5.30. The third-order valence-electron chi connectivity index (χ3n) is 17.1. The lowest BCUT2D eigenvalue weighted by Gasteiger charge is -2.21. The Morgan fingerprint density at radius 3 is 0.924 bits per heavy atom. The number of ether oxygens (including phenoxy) is 4. The highest BCUT2D eigenvalue weighted by molar-refractivity contribution is 7.47. The molecule has 0 spiro atoms. The maximum atomic E-state index is 13.0. The third-order valence-corrected chi connectivity index (χ3v) is 19.0. The molecule has 0 heterocycles. The molecule has 0 aliphatic carbocycles. The van der Waals surface area contributed by atoms with Gasteiger partial charge in [0.25, 0.3) is 0 Å². The van der Waals surface area contributed by atoms with E-state index in [1.807, 2.05) is 0 Å². The van der Waals surface area contributed by atoms with Crippen LogP contribution in [0.4, 0.5) is 0 Å². The molecule has 0 saturated heterocycles. The molecule has 0 aromatic carbocycles. The van der Waals surface area contributed by atoms with Gasteiger partial charge in [0.15, 0.2) is 12.2 Å². The number of hydrogen-bond donors (Lipinski definition) is 3. The lowest BCUT2D eigenvalue weighted by molar-refractivity contribution is -0.161. The van der Waals surface area contributed by atoms with E-state index in [1.54, 1.807) is 0 Å². The van der Waals surface area contributed by atoms with Crippen LogP contribution in [0.3, 0.4) is 0 Å². The van der Waals surface area contributed by atoms with Crippen LogP contribution in [0.1, 0.15) is 350 Å². The molecule has 19 heteroatoms. The fourth-order valence-electron chi connectivity index (χ4n) is 10.5. The van der Waals surface area contributed by atoms with E-state index in [4.69, 9.17) is 37.0 Å². The highest BCUT2D eigenvalue weighted by atomic mass is 31.2. The summed E-state index contributed by atoms with van der Waals surface area (Å²) in [6.45, 7) is 9.49. The molecule has 0 rings (SSSR count). The van der Waals surface area contributed by atoms with Gasteiger partial charge in [-0.2, -0.15) is 0 Å². The van der Waals surface area contributed by atoms with Crippen LogP contribution in [0.2, 0.25) is 0 Å². The van der Waals surface area contributed by atoms with E-state index < -0.39 is 97.5 Å². The predicted octanol–water partition coefficient (Wildman–Crippen LogP) is 20.7. The number of phosphoric ester groups is 2. The topological polar surface area (TPSA) is 237 Å². The number of aliphatic hydroxyl groups is 1. The maximum absolute atomic E-state index is 13.0. The highest BCUT2D eigenvalue weighted by Gasteiger charge is 2.30. The first-order valence-corrected chi connectivity index (χ1v) is 40.4. The van der Waals surface area contributed by atoms with E-state index in [-0.39, 0.29) is 25.7 Å². The summed E-state index contributed by atoms with van der Waals surface area (Å²) in [4.78, 5) is 72.7. The van der Waals surface area contributed by atoms with Gasteiger partial charge in [0, 0.05) is 25.7 Å². The molecule has 3 N–H and O–H groups in total. The Morgan fingerprint density at radius 1 is 0.348 bits per heavy atom. The lowest BCUT2D eigenvalue weighted by Crippen LogP contribution is -2.30. The lowest BCUT2D eigenvalue weighted by atomic mass is 9.99. The average Bonchev–Trinajstić information content (AvgIpc) is 2.92. The van der Waals surface area contributed by atoms with Crippen molar-refractivity contribution >= 4 is 39.5 Å². The van der Waals surface area contributed by atoms with Gasteiger partial charge in [-0.1, -0.05) is 297 Å². The summed E-state index contributed by atoms with van der Waals surface area (Å²) in [6.07, 6.45) is 53.4. The van der Waals surface area contributed by atoms with Crippen LogP contribution in [-0.2, 0) is 65.4 Å². The minimum atomic E-state index is -4.96. The summed E-state index contributed by atoms with van der Waals surface area (Å²) in [5.74, 6) is -0.614. The zero-order valence-corrected chi connectivity index (χ0v) is 61.1. The summed E-state index contributed by atoms with van der Waals surface area (Å²) < 4.78 is 68.4. The number of aliphatic hydroxyl groups excluding tert-OH is 1. The molecular formula is C73H138O17P2. The minimum absolute atomic E-state index is 0.0847. The van der Waals surface area contributed by atoms with Gasteiger partial charge in [0.05, 0.1) is 26.4 Å². The van der Waals surface area contributed by atoms with Gasteiger partial charge in [-0.15, -0.1) is 0 Å². The zero-order chi connectivity index (χ0) is 67.9. The van der Waals surface area contributed by atoms with Crippen LogP contribution < -0.4 is 0 Å². The third kappa shape index (κ3) is 63.6. The first-order valence-electron chi connectivity index (χ1n) is 37.4. The van der Waals surface area contributed by atoms with E-state index in [2.05, 4.69) is 65.8 Å². The molecular weight excluding hydrogens is 1210 g/mol.